The maximum atomic E-state index is 12.5. The van der Waals surface area contributed by atoms with Crippen LogP contribution in [-0.2, 0) is 10.0 Å². The van der Waals surface area contributed by atoms with E-state index in [0.29, 0.717) is 25.9 Å². The lowest BCUT2D eigenvalue weighted by Gasteiger charge is -2.06. The van der Waals surface area contributed by atoms with Crippen LogP contribution in [0.2, 0.25) is 15.1 Å². The zero-order valence-corrected chi connectivity index (χ0v) is 18.9. The zero-order valence-electron chi connectivity index (χ0n) is 13.4. The predicted octanol–water partition coefficient (Wildman–Crippen LogP) is 5.31. The number of rotatable bonds is 5. The van der Waals surface area contributed by atoms with Crippen LogP contribution >= 0.6 is 62.1 Å². The van der Waals surface area contributed by atoms with Crippen molar-refractivity contribution in [2.24, 2.45) is 0 Å². The number of carbonyl (C=O) groups is 1. The Morgan fingerprint density at radius 1 is 1.04 bits per heavy atom. The first-order valence-corrected chi connectivity index (χ1v) is 11.5. The van der Waals surface area contributed by atoms with Gasteiger partial charge in [-0.05, 0) is 52.3 Å². The van der Waals surface area contributed by atoms with Crippen molar-refractivity contribution in [3.05, 3.63) is 61.5 Å². The molecule has 0 atom stereocenters. The minimum Gasteiger partial charge on any atom is -0.296 e. The maximum absolute atomic E-state index is 12.5. The third kappa shape index (κ3) is 4.94. The molecule has 1 heterocycles. The summed E-state index contributed by atoms with van der Waals surface area (Å²) in [7, 11) is -4.01. The van der Waals surface area contributed by atoms with Crippen molar-refractivity contribution < 1.29 is 13.2 Å². The fourth-order valence-electron chi connectivity index (χ4n) is 1.97. The monoisotopic (exact) mass is 540 g/mol. The van der Waals surface area contributed by atoms with Gasteiger partial charge in [0.2, 0.25) is 5.13 Å². The Labute approximate surface area is 187 Å². The third-order valence-corrected chi connectivity index (χ3v) is 7.57. The highest BCUT2D eigenvalue weighted by molar-refractivity contribution is 9.10. The number of nitrogens with zero attached hydrogens (tertiary/aromatic N) is 2. The third-order valence-electron chi connectivity index (χ3n) is 3.20. The summed E-state index contributed by atoms with van der Waals surface area (Å²) in [5, 5.41) is 10.6. The molecule has 2 aromatic carbocycles. The van der Waals surface area contributed by atoms with Crippen LogP contribution in [0.3, 0.4) is 0 Å². The molecule has 1 aromatic heterocycles. The van der Waals surface area contributed by atoms with Crippen molar-refractivity contribution in [3.8, 4) is 0 Å². The number of nitrogens with one attached hydrogen (secondary N) is 2. The number of anilines is 2. The van der Waals surface area contributed by atoms with Crippen molar-refractivity contribution in [2.75, 3.05) is 10.0 Å². The topological polar surface area (TPSA) is 101 Å². The summed E-state index contributed by atoms with van der Waals surface area (Å²) in [6, 6.07) is 8.93. The molecule has 0 saturated heterocycles. The van der Waals surface area contributed by atoms with Gasteiger partial charge in [0.25, 0.3) is 20.3 Å². The van der Waals surface area contributed by atoms with Gasteiger partial charge in [-0.15, -0.1) is 10.2 Å². The van der Waals surface area contributed by atoms with Crippen LogP contribution in [0.5, 0.6) is 0 Å². The minimum atomic E-state index is -4.01. The van der Waals surface area contributed by atoms with E-state index in [-0.39, 0.29) is 25.7 Å². The second-order valence-corrected chi connectivity index (χ2v) is 10.1. The van der Waals surface area contributed by atoms with E-state index in [1.54, 1.807) is 6.07 Å². The molecule has 0 spiro atoms. The van der Waals surface area contributed by atoms with Gasteiger partial charge >= 0.3 is 0 Å². The van der Waals surface area contributed by atoms with Gasteiger partial charge in [0.05, 0.1) is 21.3 Å². The predicted molar refractivity (Wildman–Crippen MR) is 114 cm³/mol. The molecule has 0 bridgehead atoms. The van der Waals surface area contributed by atoms with Gasteiger partial charge in [-0.3, -0.25) is 14.8 Å². The number of carbonyl (C=O) groups excluding carboxylic acids is 1. The first-order valence-electron chi connectivity index (χ1n) is 7.23. The van der Waals surface area contributed by atoms with Gasteiger partial charge in [0, 0.05) is 9.50 Å². The van der Waals surface area contributed by atoms with Crippen molar-refractivity contribution in [2.45, 2.75) is 4.34 Å². The summed E-state index contributed by atoms with van der Waals surface area (Å²) in [5.74, 6) is -0.575. The average molecular weight is 543 g/mol. The lowest BCUT2D eigenvalue weighted by Crippen LogP contribution is -2.12. The van der Waals surface area contributed by atoms with E-state index in [0.717, 1.165) is 0 Å². The number of sulfonamides is 1. The highest BCUT2D eigenvalue weighted by Crippen LogP contribution is 2.28. The highest BCUT2D eigenvalue weighted by atomic mass is 79.9. The van der Waals surface area contributed by atoms with Crippen molar-refractivity contribution in [1.82, 2.24) is 10.2 Å². The fourth-order valence-corrected chi connectivity index (χ4v) is 4.83. The van der Waals surface area contributed by atoms with Crippen LogP contribution in [0.1, 0.15) is 10.4 Å². The second kappa shape index (κ2) is 8.52. The van der Waals surface area contributed by atoms with Gasteiger partial charge in [0.15, 0.2) is 0 Å². The molecule has 0 unspecified atom stereocenters. The molecule has 2 N–H and O–H groups in total. The fraction of sp³-hybridized carbons (Fsp3) is 0. The molecule has 0 aliphatic carbocycles. The van der Waals surface area contributed by atoms with E-state index >= 15 is 0 Å². The van der Waals surface area contributed by atoms with Crippen LogP contribution in [0.4, 0.5) is 10.8 Å². The van der Waals surface area contributed by atoms with Crippen LogP contribution in [0, 0.1) is 0 Å². The van der Waals surface area contributed by atoms with Crippen molar-refractivity contribution in [1.29, 1.82) is 0 Å². The molecule has 0 radical (unpaired) electrons. The van der Waals surface area contributed by atoms with E-state index in [1.165, 1.54) is 30.3 Å². The molecule has 3 aromatic rings. The lowest BCUT2D eigenvalue weighted by atomic mass is 10.2. The Bertz CT molecular complexity index is 1170. The van der Waals surface area contributed by atoms with Gasteiger partial charge in [-0.1, -0.05) is 46.1 Å². The number of halogens is 4. The molecule has 1 amide bonds. The largest absolute Gasteiger partial charge is 0.296 e. The molecule has 0 aliphatic rings. The first kappa shape index (κ1) is 21.3. The molecular weight excluding hydrogens is 535 g/mol. The molecule has 13 heteroatoms. The average Bonchev–Trinajstić information content (AvgIpc) is 3.07. The molecule has 28 heavy (non-hydrogen) atoms. The highest BCUT2D eigenvalue weighted by Gasteiger charge is 2.22. The lowest BCUT2D eigenvalue weighted by molar-refractivity contribution is 0.102. The Hall–Kier alpha value is -1.43. The molecule has 0 saturated carbocycles. The smallest absolute Gasteiger partial charge is 0.291 e. The van der Waals surface area contributed by atoms with Crippen LogP contribution in [0.15, 0.2) is 45.2 Å². The summed E-state index contributed by atoms with van der Waals surface area (Å²) >= 11 is 21.6. The summed E-state index contributed by atoms with van der Waals surface area (Å²) in [6.07, 6.45) is 0. The van der Waals surface area contributed by atoms with Gasteiger partial charge < -0.3 is 0 Å². The number of aromatic nitrogens is 2. The molecule has 3 rings (SSSR count). The summed E-state index contributed by atoms with van der Waals surface area (Å²) in [5.41, 5.74) is 0.412. The Kier molecular flexibility index (Phi) is 6.47. The number of hydrogen-bond donors (Lipinski definition) is 2. The van der Waals surface area contributed by atoms with Gasteiger partial charge in [-0.2, -0.15) is 8.42 Å². The molecule has 0 aliphatic heterocycles. The number of benzene rings is 2. The van der Waals surface area contributed by atoms with Crippen LogP contribution in [0.25, 0.3) is 0 Å². The summed E-state index contributed by atoms with van der Waals surface area (Å²) in [4.78, 5) is 12.3. The van der Waals surface area contributed by atoms with Gasteiger partial charge in [-0.25, -0.2) is 0 Å². The molecular formula is C15H8BrCl3N4O3S2. The van der Waals surface area contributed by atoms with Crippen LogP contribution in [-0.4, -0.2) is 24.5 Å². The number of amides is 1. The summed E-state index contributed by atoms with van der Waals surface area (Å²) in [6.45, 7) is 0. The van der Waals surface area contributed by atoms with Crippen molar-refractivity contribution in [3.63, 3.8) is 0 Å². The SMILES string of the molecule is O=C(Nc1nnc(S(=O)(=O)Nc2ccc(Br)c(Cl)c2)s1)c1ccc(Cl)cc1Cl. The number of hydrogen-bond acceptors (Lipinski definition) is 6. The normalized spacial score (nSPS) is 11.3. The first-order chi connectivity index (χ1) is 13.2. The van der Waals surface area contributed by atoms with Crippen LogP contribution < -0.4 is 10.0 Å². The molecule has 146 valence electrons. The maximum Gasteiger partial charge on any atom is 0.291 e. The van der Waals surface area contributed by atoms with E-state index in [4.69, 9.17) is 34.8 Å². The van der Waals surface area contributed by atoms with E-state index in [1.807, 2.05) is 0 Å². The zero-order chi connectivity index (χ0) is 20.5. The standard InChI is InChI=1S/C15H8BrCl3N4O3S2/c16-10-4-2-8(6-12(10)19)23-28(25,26)15-22-21-14(27-15)20-13(24)9-3-1-7(17)5-11(9)18/h1-6,23H,(H,20,21,24). The quantitative estimate of drug-likeness (QED) is 0.426. The van der Waals surface area contributed by atoms with E-state index in [2.05, 4.69) is 36.2 Å². The van der Waals surface area contributed by atoms with E-state index < -0.39 is 15.9 Å². The Morgan fingerprint density at radius 3 is 2.46 bits per heavy atom. The minimum absolute atomic E-state index is 0.00905. The van der Waals surface area contributed by atoms with Gasteiger partial charge in [0.1, 0.15) is 0 Å². The Balaban J connectivity index is 1.77. The Morgan fingerprint density at radius 2 is 1.79 bits per heavy atom. The molecule has 0 fully saturated rings. The van der Waals surface area contributed by atoms with Crippen molar-refractivity contribution >= 4 is 88.8 Å². The second-order valence-electron chi connectivity index (χ2n) is 5.19. The van der Waals surface area contributed by atoms with E-state index in [9.17, 15) is 13.2 Å². The molecule has 7 nitrogen and oxygen atoms in total. The summed E-state index contributed by atoms with van der Waals surface area (Å²) < 4.78 is 27.5.